The molecule has 2 atom stereocenters. The highest BCUT2D eigenvalue weighted by Gasteiger charge is 2.38. The maximum absolute atomic E-state index is 12.8. The molecule has 6 rings (SSSR count). The third-order valence-corrected chi connectivity index (χ3v) is 7.71. The van der Waals surface area contributed by atoms with Crippen LogP contribution in [0.5, 0.6) is 5.75 Å². The fraction of sp³-hybridized carbons (Fsp3) is 0.346. The fourth-order valence-electron chi connectivity index (χ4n) is 5.27. The summed E-state index contributed by atoms with van der Waals surface area (Å²) in [6, 6.07) is 10.1. The summed E-state index contributed by atoms with van der Waals surface area (Å²) in [5.74, 6) is 1.76. The molecule has 1 saturated heterocycles. The normalized spacial score (nSPS) is 20.0. The molecule has 0 bridgehead atoms. The Labute approximate surface area is 217 Å². The average Bonchev–Trinajstić information content (AvgIpc) is 3.50. The highest BCUT2D eigenvalue weighted by atomic mass is 79.9. The van der Waals surface area contributed by atoms with E-state index in [1.54, 1.807) is 23.3 Å². The number of H-pyrrole nitrogens is 1. The topological polar surface area (TPSA) is 114 Å². The van der Waals surface area contributed by atoms with E-state index >= 15 is 0 Å². The number of benzene rings is 1. The minimum Gasteiger partial charge on any atom is -0.407 e. The molecule has 4 aromatic rings. The summed E-state index contributed by atoms with van der Waals surface area (Å²) >= 11 is 3.68. The highest BCUT2D eigenvalue weighted by molar-refractivity contribution is 9.10. The zero-order chi connectivity index (χ0) is 24.6. The number of rotatable bonds is 6. The number of nitrogens with two attached hydrogens (primary N) is 1. The van der Waals surface area contributed by atoms with Gasteiger partial charge in [-0.3, -0.25) is 10.00 Å². The lowest BCUT2D eigenvalue weighted by molar-refractivity contribution is 0.215. The minimum absolute atomic E-state index is 0.133. The van der Waals surface area contributed by atoms with Crippen molar-refractivity contribution < 1.29 is 9.53 Å². The van der Waals surface area contributed by atoms with Crippen molar-refractivity contribution in [2.45, 2.75) is 31.8 Å². The van der Waals surface area contributed by atoms with E-state index in [-0.39, 0.29) is 6.04 Å². The first-order chi connectivity index (χ1) is 17.5. The zero-order valence-electron chi connectivity index (χ0n) is 19.7. The molecule has 0 unspecified atom stereocenters. The maximum atomic E-state index is 12.8. The van der Waals surface area contributed by atoms with Gasteiger partial charge in [-0.1, -0.05) is 30.3 Å². The third-order valence-electron chi connectivity index (χ3n) is 7.13. The van der Waals surface area contributed by atoms with Crippen LogP contribution in [0.3, 0.4) is 0 Å². The predicted octanol–water partition coefficient (Wildman–Crippen LogP) is 4.74. The standard InChI is InChI=1S/C26H28BrN7O2/c27-20-11-29-25-23(24(20)33-9-8-19(17-6-7-17)21(28)15-33)22(12-30-25)32-26(35)36-18-10-31-34(14-18)13-16-4-2-1-3-5-16/h1-5,10-12,14,17,19,21H,6-9,13,15,28H2,(H,29,30)(H,32,35)/t19-,21+/m1/s1. The first kappa shape index (κ1) is 23.1. The van der Waals surface area contributed by atoms with E-state index in [0.29, 0.717) is 29.5 Å². The van der Waals surface area contributed by atoms with Crippen LogP contribution >= 0.6 is 15.9 Å². The summed E-state index contributed by atoms with van der Waals surface area (Å²) in [5.41, 5.74) is 9.99. The fourth-order valence-corrected chi connectivity index (χ4v) is 5.82. The molecule has 4 heterocycles. The summed E-state index contributed by atoms with van der Waals surface area (Å²) < 4.78 is 8.12. The first-order valence-electron chi connectivity index (χ1n) is 12.3. The Morgan fingerprint density at radius 2 is 2.06 bits per heavy atom. The second-order valence-electron chi connectivity index (χ2n) is 9.65. The molecule has 1 aliphatic carbocycles. The number of nitrogens with one attached hydrogen (secondary N) is 2. The Morgan fingerprint density at radius 3 is 2.83 bits per heavy atom. The van der Waals surface area contributed by atoms with Gasteiger partial charge in [-0.05, 0) is 52.6 Å². The number of carbonyl (C=O) groups excluding carboxylic acids is 1. The second kappa shape index (κ2) is 9.59. The number of pyridine rings is 1. The molecular formula is C26H28BrN7O2. The highest BCUT2D eigenvalue weighted by Crippen LogP contribution is 2.44. The zero-order valence-corrected chi connectivity index (χ0v) is 21.3. The summed E-state index contributed by atoms with van der Waals surface area (Å²) in [6.07, 6.45) is 9.86. The van der Waals surface area contributed by atoms with E-state index in [1.165, 1.54) is 19.0 Å². The van der Waals surface area contributed by atoms with Crippen LogP contribution in [0.15, 0.2) is 59.6 Å². The van der Waals surface area contributed by atoms with Crippen LogP contribution < -0.4 is 20.7 Å². The van der Waals surface area contributed by atoms with E-state index in [1.807, 2.05) is 30.3 Å². The molecule has 1 aromatic carbocycles. The molecule has 4 N–H and O–H groups in total. The quantitative estimate of drug-likeness (QED) is 0.320. The van der Waals surface area contributed by atoms with Crippen molar-refractivity contribution in [3.63, 3.8) is 0 Å². The van der Waals surface area contributed by atoms with E-state index in [4.69, 9.17) is 10.5 Å². The van der Waals surface area contributed by atoms with Gasteiger partial charge in [0, 0.05) is 31.5 Å². The number of ether oxygens (including phenoxy) is 1. The largest absolute Gasteiger partial charge is 0.417 e. The Morgan fingerprint density at radius 1 is 1.22 bits per heavy atom. The lowest BCUT2D eigenvalue weighted by Gasteiger charge is -2.39. The molecule has 186 valence electrons. The Hall–Kier alpha value is -3.37. The molecule has 9 nitrogen and oxygen atoms in total. The number of nitrogens with zero attached hydrogens (tertiary/aromatic N) is 4. The van der Waals surface area contributed by atoms with Crippen molar-refractivity contribution in [3.05, 3.63) is 65.2 Å². The summed E-state index contributed by atoms with van der Waals surface area (Å²) in [7, 11) is 0. The van der Waals surface area contributed by atoms with Gasteiger partial charge in [-0.2, -0.15) is 5.10 Å². The number of hydrogen-bond acceptors (Lipinski definition) is 6. The minimum atomic E-state index is -0.592. The van der Waals surface area contributed by atoms with Crippen LogP contribution in [-0.4, -0.2) is 45.0 Å². The number of aromatic nitrogens is 4. The molecular weight excluding hydrogens is 522 g/mol. The number of hydrogen-bond donors (Lipinski definition) is 3. The van der Waals surface area contributed by atoms with Crippen LogP contribution in [0.2, 0.25) is 0 Å². The molecule has 36 heavy (non-hydrogen) atoms. The Bertz CT molecular complexity index is 1380. The monoisotopic (exact) mass is 549 g/mol. The smallest absolute Gasteiger partial charge is 0.407 e. The van der Waals surface area contributed by atoms with Crippen molar-refractivity contribution in [2.24, 2.45) is 17.6 Å². The van der Waals surface area contributed by atoms with Crippen molar-refractivity contribution in [3.8, 4) is 5.75 Å². The summed E-state index contributed by atoms with van der Waals surface area (Å²) in [6.45, 7) is 2.29. The molecule has 2 fully saturated rings. The third kappa shape index (κ3) is 4.70. The van der Waals surface area contributed by atoms with Crippen LogP contribution in [0.25, 0.3) is 11.0 Å². The van der Waals surface area contributed by atoms with Gasteiger partial charge in [0.15, 0.2) is 5.75 Å². The van der Waals surface area contributed by atoms with Gasteiger partial charge in [0.25, 0.3) is 0 Å². The van der Waals surface area contributed by atoms with Crippen molar-refractivity contribution in [2.75, 3.05) is 23.3 Å². The molecule has 10 heteroatoms. The van der Waals surface area contributed by atoms with Crippen LogP contribution in [0.1, 0.15) is 24.8 Å². The van der Waals surface area contributed by atoms with E-state index in [0.717, 1.165) is 46.5 Å². The number of aromatic amines is 1. The van der Waals surface area contributed by atoms with Crippen molar-refractivity contribution in [1.29, 1.82) is 0 Å². The average molecular weight is 550 g/mol. The molecule has 1 amide bonds. The van der Waals surface area contributed by atoms with Gasteiger partial charge in [0.05, 0.1) is 40.2 Å². The van der Waals surface area contributed by atoms with Gasteiger partial charge in [-0.15, -0.1) is 0 Å². The molecule has 0 spiro atoms. The Balaban J connectivity index is 1.18. The number of fused-ring (bicyclic) bond motifs is 1. The predicted molar refractivity (Wildman–Crippen MR) is 142 cm³/mol. The Kier molecular flexibility index (Phi) is 6.14. The summed E-state index contributed by atoms with van der Waals surface area (Å²) in [4.78, 5) is 22.8. The van der Waals surface area contributed by atoms with E-state index in [2.05, 4.69) is 41.2 Å². The number of amides is 1. The van der Waals surface area contributed by atoms with Crippen molar-refractivity contribution in [1.82, 2.24) is 19.7 Å². The van der Waals surface area contributed by atoms with Crippen molar-refractivity contribution >= 4 is 44.4 Å². The SMILES string of the molecule is N[C@H]1CN(c2c(Br)cnc3[nH]cc(NC(=O)Oc4cnn(Cc5ccccc5)c4)c23)CC[C@@H]1C1CC1. The maximum Gasteiger partial charge on any atom is 0.417 e. The molecule has 1 aliphatic heterocycles. The number of anilines is 2. The van der Waals surface area contributed by atoms with Gasteiger partial charge in [0.1, 0.15) is 5.65 Å². The first-order valence-corrected chi connectivity index (χ1v) is 13.1. The molecule has 0 radical (unpaired) electrons. The van der Waals surface area contributed by atoms with Gasteiger partial charge in [-0.25, -0.2) is 9.78 Å². The molecule has 2 aliphatic rings. The van der Waals surface area contributed by atoms with Crippen LogP contribution in [-0.2, 0) is 6.54 Å². The van der Waals surface area contributed by atoms with Crippen LogP contribution in [0.4, 0.5) is 16.2 Å². The van der Waals surface area contributed by atoms with Crippen LogP contribution in [0, 0.1) is 11.8 Å². The van der Waals surface area contributed by atoms with Gasteiger partial charge < -0.3 is 20.4 Å². The molecule has 1 saturated carbocycles. The molecule has 3 aromatic heterocycles. The van der Waals surface area contributed by atoms with E-state index in [9.17, 15) is 4.79 Å². The second-order valence-corrected chi connectivity index (χ2v) is 10.5. The van der Waals surface area contributed by atoms with Gasteiger partial charge >= 0.3 is 6.09 Å². The summed E-state index contributed by atoms with van der Waals surface area (Å²) in [5, 5.41) is 8.01. The van der Waals surface area contributed by atoms with E-state index < -0.39 is 6.09 Å². The lowest BCUT2D eigenvalue weighted by atomic mass is 9.87. The van der Waals surface area contributed by atoms with Gasteiger partial charge in [0.2, 0.25) is 0 Å². The number of halogens is 1. The number of carbonyl (C=O) groups is 1. The lowest BCUT2D eigenvalue weighted by Crippen LogP contribution is -2.49. The number of piperidine rings is 1.